The predicted octanol–water partition coefficient (Wildman–Crippen LogP) is 4.92. The minimum absolute atomic E-state index is 0.00336. The number of carbonyl (C=O) groups excluding carboxylic acids is 1. The van der Waals surface area contributed by atoms with Gasteiger partial charge < -0.3 is 9.88 Å². The molecule has 126 valence electrons. The van der Waals surface area contributed by atoms with Crippen molar-refractivity contribution < 1.29 is 4.79 Å². The molecule has 0 aliphatic heterocycles. The van der Waals surface area contributed by atoms with Crippen molar-refractivity contribution in [3.63, 3.8) is 0 Å². The Morgan fingerprint density at radius 3 is 2.72 bits per heavy atom. The summed E-state index contributed by atoms with van der Waals surface area (Å²) in [5.41, 5.74) is 2.54. The molecular formula is C19H15Cl2N3O. The summed E-state index contributed by atoms with van der Waals surface area (Å²) in [4.78, 5) is 16.5. The Morgan fingerprint density at radius 2 is 2.00 bits per heavy atom. The highest BCUT2D eigenvalue weighted by Crippen LogP contribution is 2.50. The number of benzene rings is 2. The number of amides is 1. The Bertz CT molecular complexity index is 924. The van der Waals surface area contributed by atoms with E-state index in [1.165, 1.54) is 0 Å². The van der Waals surface area contributed by atoms with E-state index in [9.17, 15) is 4.79 Å². The molecule has 2 atom stereocenters. The normalized spacial score (nSPS) is 18.8. The summed E-state index contributed by atoms with van der Waals surface area (Å²) in [5, 5.41) is 4.21. The molecule has 0 saturated heterocycles. The molecular weight excluding hydrogens is 357 g/mol. The van der Waals surface area contributed by atoms with Crippen LogP contribution in [0.1, 0.15) is 17.9 Å². The lowest BCUT2D eigenvalue weighted by atomic mass is 10.1. The summed E-state index contributed by atoms with van der Waals surface area (Å²) in [6, 6.07) is 13.1. The fraction of sp³-hybridized carbons (Fsp3) is 0.158. The maximum Gasteiger partial charge on any atom is 0.228 e. The van der Waals surface area contributed by atoms with Crippen LogP contribution in [-0.4, -0.2) is 15.5 Å². The molecule has 0 bridgehead atoms. The molecule has 1 N–H and O–H groups in total. The minimum Gasteiger partial charge on any atom is -0.326 e. The third-order valence-electron chi connectivity index (χ3n) is 4.43. The van der Waals surface area contributed by atoms with Crippen LogP contribution in [0.5, 0.6) is 0 Å². The van der Waals surface area contributed by atoms with Crippen LogP contribution in [0.3, 0.4) is 0 Å². The number of aromatic nitrogens is 2. The summed E-state index contributed by atoms with van der Waals surface area (Å²) in [5.74, 6) is 0.137. The van der Waals surface area contributed by atoms with Crippen LogP contribution in [0.15, 0.2) is 61.2 Å². The lowest BCUT2D eigenvalue weighted by Crippen LogP contribution is -2.14. The quantitative estimate of drug-likeness (QED) is 0.707. The number of nitrogens with one attached hydrogen (secondary N) is 1. The number of halogens is 2. The molecule has 1 aliphatic carbocycles. The smallest absolute Gasteiger partial charge is 0.228 e. The summed E-state index contributed by atoms with van der Waals surface area (Å²) in [7, 11) is 0. The topological polar surface area (TPSA) is 46.9 Å². The lowest BCUT2D eigenvalue weighted by Gasteiger charge is -2.09. The Labute approximate surface area is 155 Å². The summed E-state index contributed by atoms with van der Waals surface area (Å²) in [6.45, 7) is 0. The van der Waals surface area contributed by atoms with Gasteiger partial charge in [-0.05, 0) is 42.2 Å². The first-order valence-corrected chi connectivity index (χ1v) is 8.72. The molecule has 2 unspecified atom stereocenters. The average Bonchev–Trinajstić information content (AvgIpc) is 3.21. The van der Waals surface area contributed by atoms with Crippen LogP contribution >= 0.6 is 23.2 Å². The molecule has 1 amide bonds. The van der Waals surface area contributed by atoms with Crippen molar-refractivity contribution in [1.82, 2.24) is 9.55 Å². The first kappa shape index (κ1) is 16.2. The lowest BCUT2D eigenvalue weighted by molar-refractivity contribution is -0.117. The standard InChI is InChI=1S/C19H15Cl2N3O/c20-16-4-2-1-3-13(16)14-10-15(14)19(25)23-12-5-6-18(17(21)9-12)24-8-7-22-11-24/h1-9,11,14-15H,10H2,(H,23,25). The summed E-state index contributed by atoms with van der Waals surface area (Å²) >= 11 is 12.5. The third-order valence-corrected chi connectivity index (χ3v) is 5.08. The van der Waals surface area contributed by atoms with E-state index >= 15 is 0 Å². The number of carbonyl (C=O) groups is 1. The van der Waals surface area contributed by atoms with Crippen molar-refractivity contribution >= 4 is 34.8 Å². The van der Waals surface area contributed by atoms with Gasteiger partial charge in [0.15, 0.2) is 0 Å². The molecule has 4 nitrogen and oxygen atoms in total. The van der Waals surface area contributed by atoms with Crippen molar-refractivity contribution in [2.24, 2.45) is 5.92 Å². The van der Waals surface area contributed by atoms with Crippen LogP contribution in [0.25, 0.3) is 5.69 Å². The fourth-order valence-electron chi connectivity index (χ4n) is 3.03. The number of hydrogen-bond acceptors (Lipinski definition) is 2. The Kier molecular flexibility index (Phi) is 4.24. The molecule has 2 aromatic carbocycles. The van der Waals surface area contributed by atoms with E-state index in [-0.39, 0.29) is 17.7 Å². The predicted molar refractivity (Wildman–Crippen MR) is 99.5 cm³/mol. The molecule has 25 heavy (non-hydrogen) atoms. The molecule has 3 aromatic rings. The largest absolute Gasteiger partial charge is 0.326 e. The van der Waals surface area contributed by atoms with E-state index in [2.05, 4.69) is 10.3 Å². The zero-order valence-electron chi connectivity index (χ0n) is 13.2. The van der Waals surface area contributed by atoms with E-state index in [0.29, 0.717) is 10.7 Å². The monoisotopic (exact) mass is 371 g/mol. The second kappa shape index (κ2) is 6.54. The maximum atomic E-state index is 12.5. The van der Waals surface area contributed by atoms with Gasteiger partial charge >= 0.3 is 0 Å². The maximum absolute atomic E-state index is 12.5. The van der Waals surface area contributed by atoms with Crippen molar-refractivity contribution in [2.45, 2.75) is 12.3 Å². The second-order valence-corrected chi connectivity index (χ2v) is 6.91. The number of imidazole rings is 1. The van der Waals surface area contributed by atoms with Gasteiger partial charge in [0.05, 0.1) is 17.0 Å². The molecule has 1 aliphatic rings. The SMILES string of the molecule is O=C(Nc1ccc(-n2ccnc2)c(Cl)c1)C1CC1c1ccccc1Cl. The summed E-state index contributed by atoms with van der Waals surface area (Å²) in [6.07, 6.45) is 6.00. The minimum atomic E-state index is -0.0491. The number of hydrogen-bond donors (Lipinski definition) is 1. The molecule has 1 heterocycles. The number of anilines is 1. The van der Waals surface area contributed by atoms with Crippen molar-refractivity contribution in [1.29, 1.82) is 0 Å². The van der Waals surface area contributed by atoms with Crippen LogP contribution in [0.4, 0.5) is 5.69 Å². The Hall–Kier alpha value is -2.30. The van der Waals surface area contributed by atoms with Gasteiger partial charge in [-0.3, -0.25) is 4.79 Å². The fourth-order valence-corrected chi connectivity index (χ4v) is 3.59. The molecule has 0 radical (unpaired) electrons. The highest BCUT2D eigenvalue weighted by molar-refractivity contribution is 6.32. The van der Waals surface area contributed by atoms with Crippen LogP contribution in [0.2, 0.25) is 10.0 Å². The highest BCUT2D eigenvalue weighted by atomic mass is 35.5. The van der Waals surface area contributed by atoms with Crippen molar-refractivity contribution in [3.8, 4) is 5.69 Å². The number of rotatable bonds is 4. The Balaban J connectivity index is 1.46. The van der Waals surface area contributed by atoms with E-state index < -0.39 is 0 Å². The van der Waals surface area contributed by atoms with Gasteiger partial charge in [0.25, 0.3) is 0 Å². The van der Waals surface area contributed by atoms with Crippen LogP contribution in [0, 0.1) is 5.92 Å². The second-order valence-electron chi connectivity index (χ2n) is 6.10. The zero-order chi connectivity index (χ0) is 17.4. The molecule has 0 spiro atoms. The molecule has 1 aromatic heterocycles. The molecule has 4 rings (SSSR count). The first-order valence-electron chi connectivity index (χ1n) is 7.96. The summed E-state index contributed by atoms with van der Waals surface area (Å²) < 4.78 is 1.82. The van der Waals surface area contributed by atoms with Crippen LogP contribution in [-0.2, 0) is 4.79 Å². The van der Waals surface area contributed by atoms with Crippen molar-refractivity contribution in [3.05, 3.63) is 76.8 Å². The third kappa shape index (κ3) is 3.28. The molecule has 6 heteroatoms. The average molecular weight is 372 g/mol. The van der Waals surface area contributed by atoms with Crippen LogP contribution < -0.4 is 5.32 Å². The van der Waals surface area contributed by atoms with Gasteiger partial charge in [-0.2, -0.15) is 0 Å². The Morgan fingerprint density at radius 1 is 1.16 bits per heavy atom. The highest BCUT2D eigenvalue weighted by Gasteiger charge is 2.44. The van der Waals surface area contributed by atoms with Crippen molar-refractivity contribution in [2.75, 3.05) is 5.32 Å². The zero-order valence-corrected chi connectivity index (χ0v) is 14.7. The molecule has 1 saturated carbocycles. The van der Waals surface area contributed by atoms with E-state index in [0.717, 1.165) is 22.7 Å². The van der Waals surface area contributed by atoms with Gasteiger partial charge in [0.1, 0.15) is 0 Å². The van der Waals surface area contributed by atoms with Gasteiger partial charge in [-0.1, -0.05) is 41.4 Å². The molecule has 1 fully saturated rings. The van der Waals surface area contributed by atoms with E-state index in [1.807, 2.05) is 47.2 Å². The van der Waals surface area contributed by atoms with Gasteiger partial charge in [-0.15, -0.1) is 0 Å². The van der Waals surface area contributed by atoms with Gasteiger partial charge in [0.2, 0.25) is 5.91 Å². The van der Waals surface area contributed by atoms with Gasteiger partial charge in [-0.25, -0.2) is 4.98 Å². The van der Waals surface area contributed by atoms with Gasteiger partial charge in [0, 0.05) is 29.0 Å². The van der Waals surface area contributed by atoms with E-state index in [4.69, 9.17) is 23.2 Å². The van der Waals surface area contributed by atoms with E-state index in [1.54, 1.807) is 18.6 Å². The first-order chi connectivity index (χ1) is 12.1. The number of nitrogens with zero attached hydrogens (tertiary/aromatic N) is 2.